The summed E-state index contributed by atoms with van der Waals surface area (Å²) in [4.78, 5) is 0. The fourth-order valence-electron chi connectivity index (χ4n) is 0.783. The van der Waals surface area contributed by atoms with Gasteiger partial charge in [-0.25, -0.2) is 4.39 Å². The van der Waals surface area contributed by atoms with Crippen LogP contribution in [0.4, 0.5) is 4.39 Å². The lowest BCUT2D eigenvalue weighted by molar-refractivity contribution is 0.423. The highest BCUT2D eigenvalue weighted by molar-refractivity contribution is 9.10. The second-order valence-corrected chi connectivity index (χ2v) is 3.00. The Morgan fingerprint density at radius 1 is 1.33 bits per heavy atom. The Bertz CT molecular complexity index is 305. The van der Waals surface area contributed by atoms with Crippen LogP contribution in [-0.4, -0.2) is 22.3 Å². The van der Waals surface area contributed by atoms with Crippen LogP contribution < -0.4 is 5.46 Å². The first kappa shape index (κ1) is 9.50. The Labute approximate surface area is 76.7 Å². The molecule has 0 saturated heterocycles. The van der Waals surface area contributed by atoms with E-state index in [1.165, 1.54) is 0 Å². The first-order chi connectivity index (χ1) is 5.52. The van der Waals surface area contributed by atoms with Gasteiger partial charge in [-0.05, 0) is 22.0 Å². The molecule has 0 bridgehead atoms. The number of phenols is 1. The van der Waals surface area contributed by atoms with Gasteiger partial charge < -0.3 is 15.2 Å². The summed E-state index contributed by atoms with van der Waals surface area (Å²) in [7, 11) is -1.80. The number of benzene rings is 1. The standard InChI is InChI=1S/C6H5BBrFO3/c8-6-4(7(11)12)1-3(10)2-5(6)9/h1-2,10-12H. The zero-order chi connectivity index (χ0) is 9.30. The van der Waals surface area contributed by atoms with Crippen molar-refractivity contribution in [2.24, 2.45) is 0 Å². The van der Waals surface area contributed by atoms with Gasteiger partial charge in [-0.15, -0.1) is 0 Å². The number of phenolic OH excluding ortho intramolecular Hbond substituents is 1. The summed E-state index contributed by atoms with van der Waals surface area (Å²) >= 11 is 2.81. The largest absolute Gasteiger partial charge is 0.508 e. The van der Waals surface area contributed by atoms with Crippen LogP contribution in [0.5, 0.6) is 5.75 Å². The molecule has 3 N–H and O–H groups in total. The first-order valence-electron chi connectivity index (χ1n) is 3.06. The third kappa shape index (κ3) is 1.77. The van der Waals surface area contributed by atoms with E-state index in [4.69, 9.17) is 15.2 Å². The highest BCUT2D eigenvalue weighted by Gasteiger charge is 2.18. The molecule has 0 aliphatic rings. The van der Waals surface area contributed by atoms with Crippen LogP contribution in [0.3, 0.4) is 0 Å². The van der Waals surface area contributed by atoms with E-state index in [9.17, 15) is 4.39 Å². The minimum atomic E-state index is -1.80. The first-order valence-corrected chi connectivity index (χ1v) is 3.85. The van der Waals surface area contributed by atoms with Crippen molar-refractivity contribution in [2.75, 3.05) is 0 Å². The molecule has 6 heteroatoms. The van der Waals surface area contributed by atoms with Gasteiger partial charge in [0.25, 0.3) is 0 Å². The third-order valence-electron chi connectivity index (χ3n) is 1.32. The average Bonchev–Trinajstić information content (AvgIpc) is 1.96. The summed E-state index contributed by atoms with van der Waals surface area (Å²) < 4.78 is 12.7. The monoisotopic (exact) mass is 234 g/mol. The van der Waals surface area contributed by atoms with Crippen molar-refractivity contribution in [3.8, 4) is 5.75 Å². The van der Waals surface area contributed by atoms with Gasteiger partial charge >= 0.3 is 7.12 Å². The molecule has 0 aromatic heterocycles. The molecule has 1 rings (SSSR count). The van der Waals surface area contributed by atoms with E-state index in [0.717, 1.165) is 12.1 Å². The predicted octanol–water partition coefficient (Wildman–Crippen LogP) is -0.0264. The molecule has 0 saturated carbocycles. The maximum absolute atomic E-state index is 12.8. The normalized spacial score (nSPS) is 10.0. The lowest BCUT2D eigenvalue weighted by atomic mass is 9.80. The number of aromatic hydroxyl groups is 1. The number of hydrogen-bond donors (Lipinski definition) is 3. The second-order valence-electron chi connectivity index (χ2n) is 2.20. The Morgan fingerprint density at radius 3 is 2.42 bits per heavy atom. The molecule has 1 aromatic rings. The Morgan fingerprint density at radius 2 is 1.92 bits per heavy atom. The minimum Gasteiger partial charge on any atom is -0.508 e. The van der Waals surface area contributed by atoms with Crippen molar-refractivity contribution < 1.29 is 19.5 Å². The quantitative estimate of drug-likeness (QED) is 0.599. The highest BCUT2D eigenvalue weighted by Crippen LogP contribution is 2.18. The van der Waals surface area contributed by atoms with E-state index in [0.29, 0.717) is 0 Å². The van der Waals surface area contributed by atoms with Crippen LogP contribution in [0.1, 0.15) is 0 Å². The Hall–Kier alpha value is -0.585. The summed E-state index contributed by atoms with van der Waals surface area (Å²) in [5.74, 6) is -1.09. The van der Waals surface area contributed by atoms with Crippen LogP contribution in [0.15, 0.2) is 16.6 Å². The molecular weight excluding hydrogens is 230 g/mol. The number of hydrogen-bond acceptors (Lipinski definition) is 3. The van der Waals surface area contributed by atoms with Crippen molar-refractivity contribution in [1.82, 2.24) is 0 Å². The molecule has 0 unspecified atom stereocenters. The Balaban J connectivity index is 3.28. The Kier molecular flexibility index (Phi) is 2.71. The van der Waals surface area contributed by atoms with Crippen molar-refractivity contribution in [3.63, 3.8) is 0 Å². The van der Waals surface area contributed by atoms with E-state index in [1.807, 2.05) is 0 Å². The van der Waals surface area contributed by atoms with Gasteiger partial charge in [-0.2, -0.15) is 0 Å². The molecule has 0 aliphatic carbocycles. The maximum atomic E-state index is 12.8. The van der Waals surface area contributed by atoms with Crippen molar-refractivity contribution in [3.05, 3.63) is 22.4 Å². The van der Waals surface area contributed by atoms with E-state index >= 15 is 0 Å². The highest BCUT2D eigenvalue weighted by atomic mass is 79.9. The summed E-state index contributed by atoms with van der Waals surface area (Å²) in [5.41, 5.74) is -0.104. The lowest BCUT2D eigenvalue weighted by Gasteiger charge is -2.04. The summed E-state index contributed by atoms with van der Waals surface area (Å²) in [6, 6.07) is 1.94. The van der Waals surface area contributed by atoms with Gasteiger partial charge in [0.15, 0.2) is 0 Å². The zero-order valence-corrected chi connectivity index (χ0v) is 7.42. The van der Waals surface area contributed by atoms with Crippen LogP contribution >= 0.6 is 15.9 Å². The molecular formula is C6H5BBrFO3. The molecule has 64 valence electrons. The molecule has 0 aliphatic heterocycles. The second kappa shape index (κ2) is 3.43. The maximum Gasteiger partial charge on any atom is 0.489 e. The number of rotatable bonds is 1. The molecule has 0 spiro atoms. The predicted molar refractivity (Wildman–Crippen MR) is 45.6 cm³/mol. The molecule has 0 atom stereocenters. The summed E-state index contributed by atoms with van der Waals surface area (Å²) in [6.45, 7) is 0. The van der Waals surface area contributed by atoms with E-state index in [1.54, 1.807) is 0 Å². The van der Waals surface area contributed by atoms with Crippen molar-refractivity contribution in [2.45, 2.75) is 0 Å². The van der Waals surface area contributed by atoms with Crippen molar-refractivity contribution >= 4 is 28.5 Å². The van der Waals surface area contributed by atoms with E-state index < -0.39 is 12.9 Å². The van der Waals surface area contributed by atoms with Gasteiger partial charge in [0.1, 0.15) is 11.6 Å². The SMILES string of the molecule is OB(O)c1cc(O)cc(F)c1Br. The summed E-state index contributed by atoms with van der Waals surface area (Å²) in [6.07, 6.45) is 0. The third-order valence-corrected chi connectivity index (χ3v) is 2.16. The van der Waals surface area contributed by atoms with E-state index in [2.05, 4.69) is 15.9 Å². The average molecular weight is 235 g/mol. The van der Waals surface area contributed by atoms with Crippen LogP contribution in [0.25, 0.3) is 0 Å². The molecule has 0 amide bonds. The minimum absolute atomic E-state index is 0.0599. The molecule has 3 nitrogen and oxygen atoms in total. The molecule has 12 heavy (non-hydrogen) atoms. The topological polar surface area (TPSA) is 60.7 Å². The molecule has 1 aromatic carbocycles. The molecule has 0 heterocycles. The smallest absolute Gasteiger partial charge is 0.489 e. The van der Waals surface area contributed by atoms with Gasteiger partial charge in [-0.3, -0.25) is 0 Å². The van der Waals surface area contributed by atoms with Crippen molar-refractivity contribution in [1.29, 1.82) is 0 Å². The van der Waals surface area contributed by atoms with Gasteiger partial charge in [0.05, 0.1) is 4.47 Å². The molecule has 0 fully saturated rings. The van der Waals surface area contributed by atoms with Crippen LogP contribution in [0, 0.1) is 5.82 Å². The zero-order valence-electron chi connectivity index (χ0n) is 5.83. The van der Waals surface area contributed by atoms with Crippen LogP contribution in [0.2, 0.25) is 0 Å². The lowest BCUT2D eigenvalue weighted by Crippen LogP contribution is -2.31. The summed E-state index contributed by atoms with van der Waals surface area (Å²) in [5, 5.41) is 26.3. The van der Waals surface area contributed by atoms with E-state index in [-0.39, 0.29) is 15.7 Å². The van der Waals surface area contributed by atoms with Gasteiger partial charge in [0.2, 0.25) is 0 Å². The van der Waals surface area contributed by atoms with Gasteiger partial charge in [-0.1, -0.05) is 0 Å². The number of halogens is 2. The molecule has 0 radical (unpaired) electrons. The fraction of sp³-hybridized carbons (Fsp3) is 0. The van der Waals surface area contributed by atoms with Gasteiger partial charge in [0, 0.05) is 11.5 Å². The van der Waals surface area contributed by atoms with Crippen LogP contribution in [-0.2, 0) is 0 Å². The fourth-order valence-corrected chi connectivity index (χ4v) is 1.22.